The number of para-hydroxylation sites is 1. The fraction of sp³-hybridized carbons (Fsp3) is 0.211. The number of carbonyl (C=O) groups is 1. The van der Waals surface area contributed by atoms with E-state index in [0.717, 1.165) is 22.0 Å². The third-order valence-corrected chi connectivity index (χ3v) is 5.47. The van der Waals surface area contributed by atoms with Crippen LogP contribution in [0.1, 0.15) is 30.9 Å². The molecule has 2 aromatic carbocycles. The molecule has 3 N–H and O–H groups in total. The number of nitrogens with one attached hydrogen (secondary N) is 3. The molecule has 7 heteroatoms. The molecule has 1 amide bonds. The van der Waals surface area contributed by atoms with Gasteiger partial charge >= 0.3 is 0 Å². The van der Waals surface area contributed by atoms with Crippen LogP contribution in [0.15, 0.2) is 59.6 Å². The highest BCUT2D eigenvalue weighted by atomic mass is 32.2. The molecule has 0 saturated carbocycles. The molecule has 1 heterocycles. The fourth-order valence-corrected chi connectivity index (χ4v) is 3.57. The number of rotatable bonds is 6. The Morgan fingerprint density at radius 3 is 2.46 bits per heavy atom. The Labute approximate surface area is 152 Å². The summed E-state index contributed by atoms with van der Waals surface area (Å²) in [6.45, 7) is 4.07. The molecule has 1 aromatic heterocycles. The van der Waals surface area contributed by atoms with Crippen LogP contribution in [0.3, 0.4) is 0 Å². The lowest BCUT2D eigenvalue weighted by Gasteiger charge is -2.10. The normalized spacial score (nSPS) is 11.8. The van der Waals surface area contributed by atoms with Crippen molar-refractivity contribution in [2.75, 3.05) is 0 Å². The minimum Gasteiger partial charge on any atom is -0.361 e. The molecule has 26 heavy (non-hydrogen) atoms. The first-order chi connectivity index (χ1) is 12.4. The maximum atomic E-state index is 12.3. The second kappa shape index (κ2) is 7.31. The quantitative estimate of drug-likeness (QED) is 0.582. The van der Waals surface area contributed by atoms with E-state index in [1.165, 1.54) is 12.1 Å². The average molecular weight is 371 g/mol. The topological polar surface area (TPSA) is 91.1 Å². The van der Waals surface area contributed by atoms with Crippen LogP contribution in [0.25, 0.3) is 10.9 Å². The van der Waals surface area contributed by atoms with E-state index in [1.54, 1.807) is 18.3 Å². The first-order valence-electron chi connectivity index (χ1n) is 8.32. The summed E-state index contributed by atoms with van der Waals surface area (Å²) in [6.07, 6.45) is 1.82. The highest BCUT2D eigenvalue weighted by Gasteiger charge is 2.16. The summed E-state index contributed by atoms with van der Waals surface area (Å²) in [5.74, 6) is -0.118. The van der Waals surface area contributed by atoms with E-state index >= 15 is 0 Å². The predicted octanol–water partition coefficient (Wildman–Crippen LogP) is 2.84. The van der Waals surface area contributed by atoms with Gasteiger partial charge in [-0.1, -0.05) is 44.2 Å². The maximum absolute atomic E-state index is 12.3. The number of carbonyl (C=O) groups excluding carboxylic acids is 1. The van der Waals surface area contributed by atoms with Gasteiger partial charge in [0.2, 0.25) is 5.91 Å². The van der Waals surface area contributed by atoms with Crippen molar-refractivity contribution in [3.05, 3.63) is 65.9 Å². The van der Waals surface area contributed by atoms with Gasteiger partial charge in [-0.3, -0.25) is 10.2 Å². The molecule has 0 bridgehead atoms. The fourth-order valence-electron chi connectivity index (χ4n) is 2.71. The van der Waals surface area contributed by atoms with E-state index in [-0.39, 0.29) is 11.3 Å². The Kier molecular flexibility index (Phi) is 5.11. The Balaban J connectivity index is 1.64. The lowest BCUT2D eigenvalue weighted by molar-refractivity contribution is -0.120. The molecule has 136 valence electrons. The van der Waals surface area contributed by atoms with Crippen molar-refractivity contribution in [2.24, 2.45) is 0 Å². The summed E-state index contributed by atoms with van der Waals surface area (Å²) in [7, 11) is -3.81. The van der Waals surface area contributed by atoms with Gasteiger partial charge in [-0.05, 0) is 35.2 Å². The summed E-state index contributed by atoms with van der Waals surface area (Å²) in [5, 5.41) is 0.940. The Morgan fingerprint density at radius 1 is 1.08 bits per heavy atom. The molecule has 6 nitrogen and oxygen atoms in total. The van der Waals surface area contributed by atoms with E-state index in [2.05, 4.69) is 15.2 Å². The van der Waals surface area contributed by atoms with Gasteiger partial charge in [0.05, 0.1) is 11.3 Å². The van der Waals surface area contributed by atoms with E-state index in [1.807, 2.05) is 38.1 Å². The summed E-state index contributed by atoms with van der Waals surface area (Å²) >= 11 is 0. The van der Waals surface area contributed by atoms with Crippen molar-refractivity contribution in [1.29, 1.82) is 0 Å². The molecule has 0 atom stereocenters. The summed E-state index contributed by atoms with van der Waals surface area (Å²) in [4.78, 5) is 17.5. The molecule has 3 aromatic rings. The minimum absolute atomic E-state index is 0.0683. The van der Waals surface area contributed by atoms with Crippen molar-refractivity contribution in [3.8, 4) is 0 Å². The monoisotopic (exact) mass is 371 g/mol. The number of hydrogen-bond donors (Lipinski definition) is 3. The van der Waals surface area contributed by atoms with Crippen molar-refractivity contribution in [1.82, 2.24) is 15.2 Å². The highest BCUT2D eigenvalue weighted by Crippen LogP contribution is 2.18. The molecule has 0 unspecified atom stereocenters. The van der Waals surface area contributed by atoms with Gasteiger partial charge in [-0.15, -0.1) is 4.83 Å². The van der Waals surface area contributed by atoms with E-state index in [0.29, 0.717) is 5.92 Å². The molecule has 0 aliphatic heterocycles. The van der Waals surface area contributed by atoms with Crippen LogP contribution in [0.4, 0.5) is 0 Å². The number of amides is 1. The molecular weight excluding hydrogens is 350 g/mol. The van der Waals surface area contributed by atoms with Gasteiger partial charge < -0.3 is 4.98 Å². The van der Waals surface area contributed by atoms with Gasteiger partial charge in [0.25, 0.3) is 10.0 Å². The number of aromatic amines is 1. The zero-order valence-electron chi connectivity index (χ0n) is 14.6. The first-order valence-corrected chi connectivity index (χ1v) is 9.81. The lowest BCUT2D eigenvalue weighted by Crippen LogP contribution is -2.42. The van der Waals surface area contributed by atoms with Crippen LogP contribution in [0, 0.1) is 0 Å². The van der Waals surface area contributed by atoms with Crippen LogP contribution in [-0.2, 0) is 21.2 Å². The van der Waals surface area contributed by atoms with Crippen molar-refractivity contribution in [2.45, 2.75) is 31.1 Å². The van der Waals surface area contributed by atoms with Crippen LogP contribution < -0.4 is 10.3 Å². The Hall–Kier alpha value is -2.64. The SMILES string of the molecule is CC(C)c1ccc(S(=O)(=O)NNC(=O)Cc2c[nH]c3ccccc23)cc1. The molecule has 0 saturated heterocycles. The second-order valence-corrected chi connectivity index (χ2v) is 8.10. The molecule has 0 fully saturated rings. The Morgan fingerprint density at radius 2 is 1.77 bits per heavy atom. The summed E-state index contributed by atoms with van der Waals surface area (Å²) in [5.41, 5.74) is 5.06. The van der Waals surface area contributed by atoms with E-state index in [9.17, 15) is 13.2 Å². The molecule has 0 aliphatic carbocycles. The lowest BCUT2D eigenvalue weighted by atomic mass is 10.0. The number of benzene rings is 2. The first kappa shape index (κ1) is 18.2. The van der Waals surface area contributed by atoms with Crippen LogP contribution in [0.2, 0.25) is 0 Å². The van der Waals surface area contributed by atoms with Crippen LogP contribution in [-0.4, -0.2) is 19.3 Å². The number of H-pyrrole nitrogens is 1. The standard InChI is InChI=1S/C19H21N3O3S/c1-13(2)14-7-9-16(10-8-14)26(24,25)22-21-19(23)11-15-12-20-18-6-4-3-5-17(15)18/h3-10,12-13,20,22H,11H2,1-2H3,(H,21,23). The zero-order chi connectivity index (χ0) is 18.7. The van der Waals surface area contributed by atoms with Gasteiger partial charge in [0.1, 0.15) is 0 Å². The van der Waals surface area contributed by atoms with Crippen LogP contribution >= 0.6 is 0 Å². The number of fused-ring (bicyclic) bond motifs is 1. The Bertz CT molecular complexity index is 1020. The van der Waals surface area contributed by atoms with Gasteiger partial charge in [0, 0.05) is 17.1 Å². The second-order valence-electron chi connectivity index (χ2n) is 6.41. The third kappa shape index (κ3) is 3.95. The van der Waals surface area contributed by atoms with Crippen molar-refractivity contribution >= 4 is 26.8 Å². The summed E-state index contributed by atoms with van der Waals surface area (Å²) < 4.78 is 24.6. The van der Waals surface area contributed by atoms with E-state index < -0.39 is 15.9 Å². The number of hydrogen-bond acceptors (Lipinski definition) is 3. The maximum Gasteiger partial charge on any atom is 0.257 e. The number of sulfonamides is 1. The third-order valence-electron chi connectivity index (χ3n) is 4.21. The molecule has 0 spiro atoms. The molecule has 0 aliphatic rings. The van der Waals surface area contributed by atoms with Gasteiger partial charge in [0.15, 0.2) is 0 Å². The smallest absolute Gasteiger partial charge is 0.257 e. The highest BCUT2D eigenvalue weighted by molar-refractivity contribution is 7.89. The van der Waals surface area contributed by atoms with Gasteiger partial charge in [-0.25, -0.2) is 8.42 Å². The van der Waals surface area contributed by atoms with Crippen molar-refractivity contribution < 1.29 is 13.2 Å². The van der Waals surface area contributed by atoms with E-state index in [4.69, 9.17) is 0 Å². The zero-order valence-corrected chi connectivity index (χ0v) is 15.4. The minimum atomic E-state index is -3.81. The molecule has 3 rings (SSSR count). The number of hydrazine groups is 1. The molecule has 0 radical (unpaired) electrons. The van der Waals surface area contributed by atoms with Crippen LogP contribution in [0.5, 0.6) is 0 Å². The number of aromatic nitrogens is 1. The average Bonchev–Trinajstić information content (AvgIpc) is 3.03. The molecular formula is C19H21N3O3S. The van der Waals surface area contributed by atoms with Gasteiger partial charge in [-0.2, -0.15) is 0 Å². The summed E-state index contributed by atoms with van der Waals surface area (Å²) in [6, 6.07) is 14.2. The largest absolute Gasteiger partial charge is 0.361 e. The van der Waals surface area contributed by atoms with Crippen molar-refractivity contribution in [3.63, 3.8) is 0 Å². The predicted molar refractivity (Wildman–Crippen MR) is 101 cm³/mol.